The summed E-state index contributed by atoms with van der Waals surface area (Å²) in [5.74, 6) is 0.424. The minimum Gasteiger partial charge on any atom is -0.379 e. The van der Waals surface area contributed by atoms with Crippen LogP contribution in [-0.4, -0.2) is 64.7 Å². The van der Waals surface area contributed by atoms with E-state index in [-0.39, 0.29) is 23.5 Å². The van der Waals surface area contributed by atoms with Crippen molar-refractivity contribution in [3.63, 3.8) is 0 Å². The summed E-state index contributed by atoms with van der Waals surface area (Å²) in [5.41, 5.74) is 2.53. The van der Waals surface area contributed by atoms with Crippen LogP contribution < -0.4 is 5.32 Å². The third-order valence-electron chi connectivity index (χ3n) is 5.35. The van der Waals surface area contributed by atoms with Crippen molar-refractivity contribution in [3.05, 3.63) is 65.9 Å². The third kappa shape index (κ3) is 4.13. The van der Waals surface area contributed by atoms with Gasteiger partial charge in [-0.3, -0.25) is 4.79 Å². The second-order valence-electron chi connectivity index (χ2n) is 7.66. The zero-order valence-corrected chi connectivity index (χ0v) is 18.7. The number of imidazole rings is 1. The van der Waals surface area contributed by atoms with Gasteiger partial charge in [-0.1, -0.05) is 18.2 Å². The predicted molar refractivity (Wildman–Crippen MR) is 122 cm³/mol. The molecule has 170 valence electrons. The number of carbonyl (C=O) groups excluding carboxylic acids is 1. The lowest BCUT2D eigenvalue weighted by atomic mass is 10.2. The Balaban J connectivity index is 1.42. The van der Waals surface area contributed by atoms with Crippen LogP contribution in [0.4, 0.5) is 5.82 Å². The Kier molecular flexibility index (Phi) is 5.44. The quantitative estimate of drug-likeness (QED) is 0.466. The largest absolute Gasteiger partial charge is 0.379 e. The van der Waals surface area contributed by atoms with Gasteiger partial charge in [0.1, 0.15) is 5.82 Å². The van der Waals surface area contributed by atoms with Gasteiger partial charge in [0.05, 0.1) is 34.8 Å². The fraction of sp³-hybridized carbons (Fsp3) is 0.227. The predicted octanol–water partition coefficient (Wildman–Crippen LogP) is 2.33. The Hall–Kier alpha value is -3.54. The van der Waals surface area contributed by atoms with E-state index in [1.54, 1.807) is 18.2 Å². The van der Waals surface area contributed by atoms with E-state index >= 15 is 0 Å². The lowest BCUT2D eigenvalue weighted by molar-refractivity contribution is 0.0730. The molecule has 4 aromatic rings. The number of H-pyrrole nitrogens is 1. The number of ether oxygens (including phenoxy) is 1. The van der Waals surface area contributed by atoms with E-state index in [9.17, 15) is 13.2 Å². The number of aromatic nitrogens is 4. The van der Waals surface area contributed by atoms with E-state index in [4.69, 9.17) is 4.74 Å². The zero-order chi connectivity index (χ0) is 23.0. The van der Waals surface area contributed by atoms with Gasteiger partial charge in [-0.05, 0) is 37.3 Å². The van der Waals surface area contributed by atoms with Gasteiger partial charge < -0.3 is 15.0 Å². The van der Waals surface area contributed by atoms with Gasteiger partial charge in [0.25, 0.3) is 5.91 Å². The average Bonchev–Trinajstić information content (AvgIpc) is 3.42. The molecule has 2 aromatic heterocycles. The van der Waals surface area contributed by atoms with Crippen molar-refractivity contribution < 1.29 is 17.9 Å². The molecule has 0 unspecified atom stereocenters. The molecule has 0 radical (unpaired) electrons. The summed E-state index contributed by atoms with van der Waals surface area (Å²) in [6.45, 7) is 3.09. The number of morpholine rings is 1. The van der Waals surface area contributed by atoms with Gasteiger partial charge >= 0.3 is 0 Å². The van der Waals surface area contributed by atoms with Crippen LogP contribution in [0.25, 0.3) is 17.0 Å². The van der Waals surface area contributed by atoms with Gasteiger partial charge in [-0.2, -0.15) is 14.1 Å². The Morgan fingerprint density at radius 2 is 1.88 bits per heavy atom. The smallest absolute Gasteiger partial charge is 0.256 e. The van der Waals surface area contributed by atoms with E-state index < -0.39 is 15.9 Å². The molecule has 2 N–H and O–H groups in total. The number of nitrogens with zero attached hydrogens (tertiary/aromatic N) is 4. The number of rotatable bonds is 5. The summed E-state index contributed by atoms with van der Waals surface area (Å²) in [7, 11) is -3.71. The molecule has 11 heteroatoms. The maximum atomic E-state index is 13.0. The molecule has 1 amide bonds. The monoisotopic (exact) mass is 466 g/mol. The number of fused-ring (bicyclic) bond motifs is 1. The fourth-order valence-corrected chi connectivity index (χ4v) is 5.17. The number of hydrogen-bond donors (Lipinski definition) is 2. The van der Waals surface area contributed by atoms with Crippen LogP contribution in [0.5, 0.6) is 0 Å². The van der Waals surface area contributed by atoms with Crippen LogP contribution in [0.15, 0.2) is 59.5 Å². The summed E-state index contributed by atoms with van der Waals surface area (Å²) in [4.78, 5) is 20.8. The molecule has 10 nitrogen and oxygen atoms in total. The average molecular weight is 467 g/mol. The molecule has 0 bridgehead atoms. The standard InChI is InChI=1S/C22H22N6O4S/c1-15-13-20(28(26-15)22-23-18-7-2-3-8-19(18)24-22)25-21(29)16-5-4-6-17(14-16)33(30,31)27-9-11-32-12-10-27/h2-8,13-14H,9-12H2,1H3,(H,23,24)(H,25,29). The Labute approximate surface area is 190 Å². The summed E-state index contributed by atoms with van der Waals surface area (Å²) < 4.78 is 34.0. The van der Waals surface area contributed by atoms with E-state index in [1.807, 2.05) is 31.2 Å². The number of para-hydroxylation sites is 2. The number of benzene rings is 2. The van der Waals surface area contributed by atoms with Crippen LogP contribution in [0.2, 0.25) is 0 Å². The number of aromatic amines is 1. The van der Waals surface area contributed by atoms with Crippen LogP contribution in [-0.2, 0) is 14.8 Å². The number of aryl methyl sites for hydroxylation is 1. The number of amides is 1. The molecular weight excluding hydrogens is 444 g/mol. The van der Waals surface area contributed by atoms with Crippen molar-refractivity contribution >= 4 is 32.8 Å². The maximum Gasteiger partial charge on any atom is 0.256 e. The van der Waals surface area contributed by atoms with E-state index in [0.29, 0.717) is 30.7 Å². The molecule has 0 atom stereocenters. The first kappa shape index (κ1) is 21.3. The molecular formula is C22H22N6O4S. The molecule has 2 aromatic carbocycles. The lowest BCUT2D eigenvalue weighted by Crippen LogP contribution is -2.40. The summed E-state index contributed by atoms with van der Waals surface area (Å²) in [5, 5.41) is 7.26. The normalized spacial score (nSPS) is 15.1. The number of hydrogen-bond acceptors (Lipinski definition) is 6. The topological polar surface area (TPSA) is 122 Å². The second kappa shape index (κ2) is 8.43. The van der Waals surface area contributed by atoms with Crippen molar-refractivity contribution in [2.45, 2.75) is 11.8 Å². The molecule has 1 fully saturated rings. The van der Waals surface area contributed by atoms with Crippen molar-refractivity contribution in [1.29, 1.82) is 0 Å². The number of sulfonamides is 1. The number of anilines is 1. The highest BCUT2D eigenvalue weighted by Crippen LogP contribution is 2.21. The highest BCUT2D eigenvalue weighted by molar-refractivity contribution is 7.89. The maximum absolute atomic E-state index is 13.0. The highest BCUT2D eigenvalue weighted by Gasteiger charge is 2.27. The summed E-state index contributed by atoms with van der Waals surface area (Å²) in [6, 6.07) is 15.3. The van der Waals surface area contributed by atoms with Crippen molar-refractivity contribution in [3.8, 4) is 5.95 Å². The van der Waals surface area contributed by atoms with Gasteiger partial charge in [0.15, 0.2) is 0 Å². The van der Waals surface area contributed by atoms with E-state index in [2.05, 4.69) is 20.4 Å². The highest BCUT2D eigenvalue weighted by atomic mass is 32.2. The van der Waals surface area contributed by atoms with Gasteiger partial charge in [0, 0.05) is 24.7 Å². The molecule has 33 heavy (non-hydrogen) atoms. The van der Waals surface area contributed by atoms with Crippen LogP contribution in [0.3, 0.4) is 0 Å². The van der Waals surface area contributed by atoms with Crippen molar-refractivity contribution in [2.75, 3.05) is 31.6 Å². The first-order valence-electron chi connectivity index (χ1n) is 10.4. The number of carbonyl (C=O) groups is 1. The van der Waals surface area contributed by atoms with Crippen LogP contribution in [0.1, 0.15) is 16.1 Å². The Morgan fingerprint density at radius 3 is 2.67 bits per heavy atom. The molecule has 0 spiro atoms. The second-order valence-corrected chi connectivity index (χ2v) is 9.60. The molecule has 5 rings (SSSR count). The van der Waals surface area contributed by atoms with E-state index in [0.717, 1.165) is 11.0 Å². The fourth-order valence-electron chi connectivity index (χ4n) is 3.71. The first-order valence-corrected chi connectivity index (χ1v) is 11.9. The first-order chi connectivity index (χ1) is 15.9. The van der Waals surface area contributed by atoms with Crippen LogP contribution >= 0.6 is 0 Å². The molecule has 1 aliphatic heterocycles. The van der Waals surface area contributed by atoms with Crippen molar-refractivity contribution in [2.24, 2.45) is 0 Å². The Morgan fingerprint density at radius 1 is 1.09 bits per heavy atom. The van der Waals surface area contributed by atoms with Crippen molar-refractivity contribution in [1.82, 2.24) is 24.1 Å². The molecule has 0 aliphatic carbocycles. The lowest BCUT2D eigenvalue weighted by Gasteiger charge is -2.26. The van der Waals surface area contributed by atoms with Gasteiger partial charge in [0.2, 0.25) is 16.0 Å². The minimum absolute atomic E-state index is 0.0685. The van der Waals surface area contributed by atoms with Crippen LogP contribution in [0, 0.1) is 6.92 Å². The molecule has 0 saturated carbocycles. The minimum atomic E-state index is -3.71. The number of nitrogens with one attached hydrogen (secondary N) is 2. The molecule has 3 heterocycles. The zero-order valence-electron chi connectivity index (χ0n) is 17.9. The molecule has 1 saturated heterocycles. The SMILES string of the molecule is Cc1cc(NC(=O)c2cccc(S(=O)(=O)N3CCOCC3)c2)n(-c2nc3ccccc3[nH]2)n1. The van der Waals surface area contributed by atoms with E-state index in [1.165, 1.54) is 21.1 Å². The molecule has 1 aliphatic rings. The Bertz CT molecular complexity index is 1400. The summed E-state index contributed by atoms with van der Waals surface area (Å²) in [6.07, 6.45) is 0. The van der Waals surface area contributed by atoms with Gasteiger partial charge in [-0.25, -0.2) is 13.4 Å². The summed E-state index contributed by atoms with van der Waals surface area (Å²) >= 11 is 0. The van der Waals surface area contributed by atoms with Gasteiger partial charge in [-0.15, -0.1) is 0 Å². The third-order valence-corrected chi connectivity index (χ3v) is 7.25.